The summed E-state index contributed by atoms with van der Waals surface area (Å²) in [6.45, 7) is 8.11. The van der Waals surface area contributed by atoms with Gasteiger partial charge in [-0.3, -0.25) is 0 Å². The van der Waals surface area contributed by atoms with E-state index in [1.54, 1.807) is 0 Å². The third-order valence-corrected chi connectivity index (χ3v) is 4.80. The van der Waals surface area contributed by atoms with Gasteiger partial charge >= 0.3 is 0 Å². The molecule has 0 aliphatic carbocycles. The molecule has 0 spiro atoms. The van der Waals surface area contributed by atoms with Crippen molar-refractivity contribution in [2.24, 2.45) is 5.92 Å². The molecule has 1 fully saturated rings. The van der Waals surface area contributed by atoms with E-state index in [9.17, 15) is 4.39 Å². The van der Waals surface area contributed by atoms with Gasteiger partial charge in [0.1, 0.15) is 5.82 Å². The summed E-state index contributed by atoms with van der Waals surface area (Å²) in [5, 5.41) is 3.51. The summed E-state index contributed by atoms with van der Waals surface area (Å²) in [6, 6.07) is 5.56. The minimum absolute atomic E-state index is 0.212. The van der Waals surface area contributed by atoms with Crippen molar-refractivity contribution in [1.82, 2.24) is 4.90 Å². The molecule has 112 valence electrons. The first-order valence-electron chi connectivity index (χ1n) is 7.54. The third kappa shape index (κ3) is 4.19. The zero-order valence-electron chi connectivity index (χ0n) is 12.3. The maximum absolute atomic E-state index is 13.2. The standard InChI is InChI=1S/C16H24BrFN2/c1-3-8-20-9-6-13(7-10-20)12(2)19-14-4-5-16(18)15(17)11-14/h4-5,11-13,19H,3,6-10H2,1-2H3. The van der Waals surface area contributed by atoms with Gasteiger partial charge in [0.25, 0.3) is 0 Å². The van der Waals surface area contributed by atoms with Gasteiger partial charge in [-0.15, -0.1) is 0 Å². The molecule has 20 heavy (non-hydrogen) atoms. The van der Waals surface area contributed by atoms with Crippen molar-refractivity contribution in [3.63, 3.8) is 0 Å². The summed E-state index contributed by atoms with van der Waals surface area (Å²) in [5.74, 6) is 0.489. The SMILES string of the molecule is CCCN1CCC(C(C)Nc2ccc(F)c(Br)c2)CC1. The predicted molar refractivity (Wildman–Crippen MR) is 86.6 cm³/mol. The second kappa shape index (κ2) is 7.41. The average Bonchev–Trinajstić information content (AvgIpc) is 2.44. The first-order valence-corrected chi connectivity index (χ1v) is 8.33. The van der Waals surface area contributed by atoms with Crippen LogP contribution < -0.4 is 5.32 Å². The molecule has 0 aromatic heterocycles. The molecule has 2 nitrogen and oxygen atoms in total. The Morgan fingerprint density at radius 2 is 2.10 bits per heavy atom. The van der Waals surface area contributed by atoms with E-state index in [1.807, 2.05) is 12.1 Å². The molecule has 4 heteroatoms. The summed E-state index contributed by atoms with van der Waals surface area (Å²) in [5.41, 5.74) is 0.988. The van der Waals surface area contributed by atoms with E-state index >= 15 is 0 Å². The summed E-state index contributed by atoms with van der Waals surface area (Å²) >= 11 is 3.24. The highest BCUT2D eigenvalue weighted by molar-refractivity contribution is 9.10. The summed E-state index contributed by atoms with van der Waals surface area (Å²) in [7, 11) is 0. The van der Waals surface area contributed by atoms with Crippen LogP contribution in [0.3, 0.4) is 0 Å². The van der Waals surface area contributed by atoms with Crippen molar-refractivity contribution in [1.29, 1.82) is 0 Å². The highest BCUT2D eigenvalue weighted by atomic mass is 79.9. The van der Waals surface area contributed by atoms with E-state index in [0.717, 1.165) is 5.69 Å². The van der Waals surface area contributed by atoms with Crippen LogP contribution in [-0.2, 0) is 0 Å². The molecular weight excluding hydrogens is 319 g/mol. The second-order valence-corrected chi connectivity index (χ2v) is 6.60. The average molecular weight is 343 g/mol. The number of hydrogen-bond donors (Lipinski definition) is 1. The minimum Gasteiger partial charge on any atom is -0.382 e. The number of anilines is 1. The van der Waals surface area contributed by atoms with Crippen LogP contribution in [0.1, 0.15) is 33.1 Å². The maximum atomic E-state index is 13.2. The normalized spacial score (nSPS) is 19.0. The van der Waals surface area contributed by atoms with Gasteiger partial charge in [-0.2, -0.15) is 0 Å². The predicted octanol–water partition coefficient (Wildman–Crippen LogP) is 4.51. The Morgan fingerprint density at radius 1 is 1.40 bits per heavy atom. The molecule has 0 radical (unpaired) electrons. The summed E-state index contributed by atoms with van der Waals surface area (Å²) in [4.78, 5) is 2.55. The first-order chi connectivity index (χ1) is 9.60. The summed E-state index contributed by atoms with van der Waals surface area (Å²) < 4.78 is 13.7. The van der Waals surface area contributed by atoms with Crippen LogP contribution in [-0.4, -0.2) is 30.6 Å². The summed E-state index contributed by atoms with van der Waals surface area (Å²) in [6.07, 6.45) is 3.73. The molecular formula is C16H24BrFN2. The Bertz CT molecular complexity index is 430. The van der Waals surface area contributed by atoms with E-state index in [-0.39, 0.29) is 5.82 Å². The number of nitrogens with one attached hydrogen (secondary N) is 1. The van der Waals surface area contributed by atoms with Crippen LogP contribution in [0.15, 0.2) is 22.7 Å². The number of rotatable bonds is 5. The van der Waals surface area contributed by atoms with Crippen LogP contribution in [0, 0.1) is 11.7 Å². The molecule has 1 N–H and O–H groups in total. The van der Waals surface area contributed by atoms with Gasteiger partial charge in [-0.25, -0.2) is 4.39 Å². The maximum Gasteiger partial charge on any atom is 0.137 e. The Morgan fingerprint density at radius 3 is 2.70 bits per heavy atom. The molecule has 1 aliphatic rings. The van der Waals surface area contributed by atoms with Gasteiger partial charge in [-0.05, 0) is 85.9 Å². The Hall–Kier alpha value is -0.610. The molecule has 0 amide bonds. The van der Waals surface area contributed by atoms with Gasteiger partial charge in [-0.1, -0.05) is 6.92 Å². The van der Waals surface area contributed by atoms with Crippen molar-refractivity contribution >= 4 is 21.6 Å². The largest absolute Gasteiger partial charge is 0.382 e. The molecule has 0 bridgehead atoms. The van der Waals surface area contributed by atoms with E-state index in [1.165, 1.54) is 45.0 Å². The smallest absolute Gasteiger partial charge is 0.137 e. The van der Waals surface area contributed by atoms with Gasteiger partial charge in [0.2, 0.25) is 0 Å². The molecule has 1 aromatic rings. The Kier molecular flexibility index (Phi) is 5.85. The van der Waals surface area contributed by atoms with Crippen molar-refractivity contribution in [2.45, 2.75) is 39.2 Å². The molecule has 1 saturated heterocycles. The van der Waals surface area contributed by atoms with Crippen molar-refractivity contribution < 1.29 is 4.39 Å². The number of halogens is 2. The van der Waals surface area contributed by atoms with Crippen LogP contribution in [0.25, 0.3) is 0 Å². The monoisotopic (exact) mass is 342 g/mol. The van der Waals surface area contributed by atoms with Crippen LogP contribution in [0.5, 0.6) is 0 Å². The Balaban J connectivity index is 1.86. The number of piperidine rings is 1. The number of likely N-dealkylation sites (tertiary alicyclic amines) is 1. The van der Waals surface area contributed by atoms with E-state index in [4.69, 9.17) is 0 Å². The number of benzene rings is 1. The molecule has 0 saturated carbocycles. The Labute approximate surface area is 129 Å². The van der Waals surface area contributed by atoms with Crippen LogP contribution >= 0.6 is 15.9 Å². The highest BCUT2D eigenvalue weighted by Gasteiger charge is 2.23. The fourth-order valence-corrected chi connectivity index (χ4v) is 3.34. The first kappa shape index (κ1) is 15.8. The van der Waals surface area contributed by atoms with Gasteiger partial charge < -0.3 is 10.2 Å². The van der Waals surface area contributed by atoms with E-state index in [0.29, 0.717) is 16.4 Å². The quantitative estimate of drug-likeness (QED) is 0.846. The molecule has 1 aromatic carbocycles. The van der Waals surface area contributed by atoms with E-state index < -0.39 is 0 Å². The molecule has 1 aliphatic heterocycles. The second-order valence-electron chi connectivity index (χ2n) is 5.74. The van der Waals surface area contributed by atoms with Crippen LogP contribution in [0.4, 0.5) is 10.1 Å². The minimum atomic E-state index is -0.212. The van der Waals surface area contributed by atoms with Crippen molar-refractivity contribution in [2.75, 3.05) is 25.0 Å². The zero-order valence-corrected chi connectivity index (χ0v) is 13.9. The molecule has 1 heterocycles. The van der Waals surface area contributed by atoms with Crippen LogP contribution in [0.2, 0.25) is 0 Å². The fourth-order valence-electron chi connectivity index (χ4n) is 2.96. The number of nitrogens with zero attached hydrogens (tertiary/aromatic N) is 1. The van der Waals surface area contributed by atoms with Gasteiger partial charge in [0, 0.05) is 11.7 Å². The molecule has 2 rings (SSSR count). The van der Waals surface area contributed by atoms with Gasteiger partial charge in [0.15, 0.2) is 0 Å². The third-order valence-electron chi connectivity index (χ3n) is 4.19. The molecule has 1 atom stereocenters. The zero-order chi connectivity index (χ0) is 14.5. The lowest BCUT2D eigenvalue weighted by Gasteiger charge is -2.35. The fraction of sp³-hybridized carbons (Fsp3) is 0.625. The van der Waals surface area contributed by atoms with Crippen molar-refractivity contribution in [3.8, 4) is 0 Å². The lowest BCUT2D eigenvalue weighted by molar-refractivity contribution is 0.176. The van der Waals surface area contributed by atoms with Crippen molar-refractivity contribution in [3.05, 3.63) is 28.5 Å². The molecule has 1 unspecified atom stereocenters. The number of hydrogen-bond acceptors (Lipinski definition) is 2. The highest BCUT2D eigenvalue weighted by Crippen LogP contribution is 2.25. The lowest BCUT2D eigenvalue weighted by atomic mass is 9.90. The topological polar surface area (TPSA) is 15.3 Å². The van der Waals surface area contributed by atoms with Gasteiger partial charge in [0.05, 0.1) is 4.47 Å². The lowest BCUT2D eigenvalue weighted by Crippen LogP contribution is -2.39. The van der Waals surface area contributed by atoms with E-state index in [2.05, 4.69) is 40.0 Å².